The van der Waals surface area contributed by atoms with Crippen LogP contribution in [0.5, 0.6) is 0 Å². The molecule has 0 aromatic heterocycles. The molecule has 0 bridgehead atoms. The molecule has 2 aromatic carbocycles. The minimum atomic E-state index is 0.708. The van der Waals surface area contributed by atoms with Crippen LogP contribution in [-0.2, 0) is 11.5 Å². The second-order valence-corrected chi connectivity index (χ2v) is 8.90. The highest BCUT2D eigenvalue weighted by Gasteiger charge is 2.12. The van der Waals surface area contributed by atoms with Crippen LogP contribution in [0.1, 0.15) is 30.9 Å². The zero-order valence-corrected chi connectivity index (χ0v) is 17.2. The molecule has 2 aromatic rings. The Morgan fingerprint density at radius 2 is 1.48 bits per heavy atom. The topological polar surface area (TPSA) is 3.24 Å². The van der Waals surface area contributed by atoms with Crippen LogP contribution in [-0.4, -0.2) is 36.0 Å². The molecule has 0 aliphatic carbocycles. The van der Waals surface area contributed by atoms with Gasteiger partial charge >= 0.3 is 0 Å². The lowest BCUT2D eigenvalue weighted by Crippen LogP contribution is -2.28. The van der Waals surface area contributed by atoms with Gasteiger partial charge < -0.3 is 4.90 Å². The Morgan fingerprint density at radius 3 is 2.08 bits per heavy atom. The predicted molar refractivity (Wildman–Crippen MR) is 117 cm³/mol. The summed E-state index contributed by atoms with van der Waals surface area (Å²) in [7, 11) is 2.26. The van der Waals surface area contributed by atoms with Gasteiger partial charge in [0.25, 0.3) is 0 Å². The highest BCUT2D eigenvalue weighted by molar-refractivity contribution is 7.99. The summed E-state index contributed by atoms with van der Waals surface area (Å²) in [4.78, 5) is 2.49. The second-order valence-electron chi connectivity index (χ2n) is 6.51. The maximum atomic E-state index is 2.49. The molecule has 0 aliphatic heterocycles. The minimum Gasteiger partial charge on any atom is -0.305 e. The van der Waals surface area contributed by atoms with E-state index in [4.69, 9.17) is 0 Å². The summed E-state index contributed by atoms with van der Waals surface area (Å²) in [5.41, 5.74) is 2.87. The third-order valence-electron chi connectivity index (χ3n) is 4.14. The van der Waals surface area contributed by atoms with Gasteiger partial charge in [0.15, 0.2) is 0 Å². The number of nitrogens with zero attached hydrogens (tertiary/aromatic N) is 1. The Kier molecular flexibility index (Phi) is 10.2. The van der Waals surface area contributed by atoms with E-state index >= 15 is 0 Å². The van der Waals surface area contributed by atoms with E-state index in [1.165, 1.54) is 42.8 Å². The fourth-order valence-electron chi connectivity index (χ4n) is 2.82. The lowest BCUT2D eigenvalue weighted by atomic mass is 10.2. The van der Waals surface area contributed by atoms with E-state index in [0.29, 0.717) is 5.25 Å². The van der Waals surface area contributed by atoms with Gasteiger partial charge in [-0.2, -0.15) is 23.5 Å². The average molecular weight is 374 g/mol. The normalized spacial score (nSPS) is 12.4. The van der Waals surface area contributed by atoms with Crippen LogP contribution in [0.3, 0.4) is 0 Å². The van der Waals surface area contributed by atoms with E-state index < -0.39 is 0 Å². The molecule has 0 saturated heterocycles. The Bertz CT molecular complexity index is 559. The molecule has 1 nitrogen and oxygen atoms in total. The zero-order chi connectivity index (χ0) is 17.7. The molecule has 2 rings (SSSR count). The smallest absolute Gasteiger partial charge is 0.0187 e. The van der Waals surface area contributed by atoms with E-state index in [1.54, 1.807) is 0 Å². The quantitative estimate of drug-likeness (QED) is 0.423. The maximum Gasteiger partial charge on any atom is 0.0187 e. The van der Waals surface area contributed by atoms with Crippen molar-refractivity contribution in [2.75, 3.05) is 25.9 Å². The highest BCUT2D eigenvalue weighted by Crippen LogP contribution is 2.24. The molecule has 0 N–H and O–H groups in total. The Balaban J connectivity index is 1.76. The van der Waals surface area contributed by atoms with E-state index in [1.807, 2.05) is 0 Å². The molecule has 3 heteroatoms. The van der Waals surface area contributed by atoms with Gasteiger partial charge in [0.05, 0.1) is 0 Å². The van der Waals surface area contributed by atoms with Gasteiger partial charge in [-0.1, -0.05) is 67.6 Å². The van der Waals surface area contributed by atoms with Crippen molar-refractivity contribution < 1.29 is 0 Å². The first-order valence-electron chi connectivity index (χ1n) is 9.23. The standard InChI is InChI=1S/C22H31NS2/c1-3-15-23(2)17-22(25-19-21-12-8-5-9-13-21)14-16-24-18-20-10-6-4-7-11-20/h4-13,22H,3,14-19H2,1-2H3. The summed E-state index contributed by atoms with van der Waals surface area (Å²) in [6, 6.07) is 21.7. The first kappa shape index (κ1) is 20.4. The maximum absolute atomic E-state index is 2.49. The van der Waals surface area contributed by atoms with Crippen molar-refractivity contribution in [3.8, 4) is 0 Å². The fraction of sp³-hybridized carbons (Fsp3) is 0.455. The summed E-state index contributed by atoms with van der Waals surface area (Å²) >= 11 is 4.19. The molecule has 0 radical (unpaired) electrons. The van der Waals surface area contributed by atoms with Crippen LogP contribution in [0.4, 0.5) is 0 Å². The van der Waals surface area contributed by atoms with Crippen LogP contribution in [0.25, 0.3) is 0 Å². The Labute approximate surface area is 162 Å². The first-order valence-corrected chi connectivity index (χ1v) is 11.4. The van der Waals surface area contributed by atoms with Crippen molar-refractivity contribution in [2.24, 2.45) is 0 Å². The molecule has 0 aliphatic rings. The van der Waals surface area contributed by atoms with Gasteiger partial charge in [-0.05, 0) is 43.3 Å². The van der Waals surface area contributed by atoms with E-state index in [2.05, 4.69) is 103 Å². The summed E-state index contributed by atoms with van der Waals surface area (Å²) in [5.74, 6) is 3.48. The molecule has 1 atom stereocenters. The Hall–Kier alpha value is -0.900. The molecule has 0 fully saturated rings. The van der Waals surface area contributed by atoms with E-state index in [-0.39, 0.29) is 0 Å². The zero-order valence-electron chi connectivity index (χ0n) is 15.6. The first-order chi connectivity index (χ1) is 12.3. The SMILES string of the molecule is CCCN(C)CC(CCSCc1ccccc1)SCc1ccccc1. The third kappa shape index (κ3) is 8.84. The van der Waals surface area contributed by atoms with Crippen molar-refractivity contribution >= 4 is 23.5 Å². The van der Waals surface area contributed by atoms with Crippen molar-refractivity contribution in [1.82, 2.24) is 4.90 Å². The number of hydrogen-bond donors (Lipinski definition) is 0. The largest absolute Gasteiger partial charge is 0.305 e. The van der Waals surface area contributed by atoms with Gasteiger partial charge in [0.1, 0.15) is 0 Å². The molecule has 1 unspecified atom stereocenters. The molecule has 0 spiro atoms. The monoisotopic (exact) mass is 373 g/mol. The van der Waals surface area contributed by atoms with Crippen LogP contribution in [0.2, 0.25) is 0 Å². The molecule has 25 heavy (non-hydrogen) atoms. The van der Waals surface area contributed by atoms with E-state index in [9.17, 15) is 0 Å². The molecule has 136 valence electrons. The van der Waals surface area contributed by atoms with Gasteiger partial charge in [0.2, 0.25) is 0 Å². The summed E-state index contributed by atoms with van der Waals surface area (Å²) in [5, 5.41) is 0.708. The van der Waals surface area contributed by atoms with Crippen LogP contribution in [0, 0.1) is 0 Å². The van der Waals surface area contributed by atoms with Crippen molar-refractivity contribution in [3.05, 3.63) is 71.8 Å². The minimum absolute atomic E-state index is 0.708. The van der Waals surface area contributed by atoms with E-state index in [0.717, 1.165) is 11.5 Å². The lowest BCUT2D eigenvalue weighted by molar-refractivity contribution is 0.333. The molecule has 0 heterocycles. The molecule has 0 amide bonds. The number of rotatable bonds is 12. The molecular formula is C22H31NS2. The number of benzene rings is 2. The predicted octanol–water partition coefficient (Wildman–Crippen LogP) is 5.95. The van der Waals surface area contributed by atoms with Gasteiger partial charge in [-0.25, -0.2) is 0 Å². The lowest BCUT2D eigenvalue weighted by Gasteiger charge is -2.23. The number of hydrogen-bond acceptors (Lipinski definition) is 3. The molecular weight excluding hydrogens is 342 g/mol. The van der Waals surface area contributed by atoms with Crippen LogP contribution in [0.15, 0.2) is 60.7 Å². The highest BCUT2D eigenvalue weighted by atomic mass is 32.2. The van der Waals surface area contributed by atoms with Crippen LogP contribution >= 0.6 is 23.5 Å². The summed E-state index contributed by atoms with van der Waals surface area (Å²) in [6.45, 7) is 4.65. The van der Waals surface area contributed by atoms with Crippen molar-refractivity contribution in [2.45, 2.75) is 36.5 Å². The van der Waals surface area contributed by atoms with Gasteiger partial charge in [0, 0.05) is 23.3 Å². The summed E-state index contributed by atoms with van der Waals surface area (Å²) in [6.07, 6.45) is 2.51. The van der Waals surface area contributed by atoms with Crippen molar-refractivity contribution in [3.63, 3.8) is 0 Å². The average Bonchev–Trinajstić information content (AvgIpc) is 2.65. The second kappa shape index (κ2) is 12.5. The third-order valence-corrected chi connectivity index (χ3v) is 6.56. The van der Waals surface area contributed by atoms with Crippen LogP contribution < -0.4 is 0 Å². The molecule has 0 saturated carbocycles. The van der Waals surface area contributed by atoms with Gasteiger partial charge in [-0.15, -0.1) is 0 Å². The van der Waals surface area contributed by atoms with Gasteiger partial charge in [-0.3, -0.25) is 0 Å². The summed E-state index contributed by atoms with van der Waals surface area (Å²) < 4.78 is 0. The fourth-order valence-corrected chi connectivity index (χ4v) is 5.25. The number of thioether (sulfide) groups is 2. The Morgan fingerprint density at radius 1 is 0.880 bits per heavy atom. The van der Waals surface area contributed by atoms with Crippen molar-refractivity contribution in [1.29, 1.82) is 0 Å².